The number of ether oxygens (including phenoxy) is 1. The van der Waals surface area contributed by atoms with Gasteiger partial charge in [0, 0.05) is 34.6 Å². The van der Waals surface area contributed by atoms with Crippen LogP contribution in [0.1, 0.15) is 16.3 Å². The molecule has 28 heavy (non-hydrogen) atoms. The molecule has 8 heteroatoms. The fourth-order valence-corrected chi connectivity index (χ4v) is 3.52. The van der Waals surface area contributed by atoms with Crippen molar-refractivity contribution in [3.63, 3.8) is 0 Å². The maximum Gasteiger partial charge on any atom is 0.228 e. The summed E-state index contributed by atoms with van der Waals surface area (Å²) in [6.45, 7) is 0.405. The Kier molecular flexibility index (Phi) is 6.88. The van der Waals surface area contributed by atoms with Gasteiger partial charge in [-0.15, -0.1) is 11.3 Å². The second-order valence-corrected chi connectivity index (χ2v) is 7.89. The number of thiazole rings is 1. The highest BCUT2D eigenvalue weighted by atomic mass is 35.5. The molecule has 0 spiro atoms. The molecule has 0 atom stereocenters. The van der Waals surface area contributed by atoms with Crippen molar-refractivity contribution in [1.29, 1.82) is 0 Å². The zero-order valence-electron chi connectivity index (χ0n) is 15.0. The number of rotatable bonds is 7. The molecular formula is C20H17Cl2FN2O2S. The molecule has 2 aromatic carbocycles. The Morgan fingerprint density at radius 1 is 1.21 bits per heavy atom. The molecule has 3 aromatic rings. The molecule has 1 amide bonds. The van der Waals surface area contributed by atoms with Gasteiger partial charge in [-0.1, -0.05) is 29.3 Å². The topological polar surface area (TPSA) is 42.4 Å². The van der Waals surface area contributed by atoms with Crippen molar-refractivity contribution >= 4 is 40.4 Å². The molecule has 1 aromatic heterocycles. The first-order valence-corrected chi connectivity index (χ1v) is 10.0. The van der Waals surface area contributed by atoms with Gasteiger partial charge in [0.15, 0.2) is 0 Å². The molecule has 1 heterocycles. The van der Waals surface area contributed by atoms with Gasteiger partial charge >= 0.3 is 0 Å². The predicted octanol–water partition coefficient (Wildman–Crippen LogP) is 5.37. The normalized spacial score (nSPS) is 10.7. The summed E-state index contributed by atoms with van der Waals surface area (Å²) in [4.78, 5) is 18.3. The summed E-state index contributed by atoms with van der Waals surface area (Å²) in [6.07, 6.45) is 0.125. The van der Waals surface area contributed by atoms with Crippen LogP contribution in [-0.4, -0.2) is 22.8 Å². The van der Waals surface area contributed by atoms with Crippen molar-refractivity contribution in [3.8, 4) is 5.75 Å². The van der Waals surface area contributed by atoms with Crippen LogP contribution in [0.3, 0.4) is 0 Å². The molecule has 3 rings (SSSR count). The van der Waals surface area contributed by atoms with Gasteiger partial charge in [0.05, 0.1) is 12.1 Å². The first-order chi connectivity index (χ1) is 13.4. The fraction of sp³-hybridized carbons (Fsp3) is 0.200. The van der Waals surface area contributed by atoms with Crippen molar-refractivity contribution in [3.05, 3.63) is 80.0 Å². The SMILES string of the molecule is CN(Cc1c(F)cccc1Cl)C(=O)Cc1csc(COc2ccc(Cl)cc2)n1. The average Bonchev–Trinajstić information content (AvgIpc) is 3.11. The maximum atomic E-state index is 13.9. The number of halogens is 3. The lowest BCUT2D eigenvalue weighted by Crippen LogP contribution is -2.28. The molecule has 0 N–H and O–H groups in total. The van der Waals surface area contributed by atoms with Crippen LogP contribution in [0, 0.1) is 5.82 Å². The first-order valence-electron chi connectivity index (χ1n) is 8.41. The van der Waals surface area contributed by atoms with Crippen LogP contribution in [0.2, 0.25) is 10.0 Å². The summed E-state index contributed by atoms with van der Waals surface area (Å²) in [6, 6.07) is 11.5. The van der Waals surface area contributed by atoms with E-state index in [1.165, 1.54) is 28.4 Å². The number of carbonyl (C=O) groups excluding carboxylic acids is 1. The van der Waals surface area contributed by atoms with E-state index in [-0.39, 0.29) is 18.9 Å². The highest BCUT2D eigenvalue weighted by molar-refractivity contribution is 7.09. The lowest BCUT2D eigenvalue weighted by Gasteiger charge is -2.18. The van der Waals surface area contributed by atoms with Gasteiger partial charge < -0.3 is 9.64 Å². The van der Waals surface area contributed by atoms with Crippen molar-refractivity contribution in [2.75, 3.05) is 7.05 Å². The molecule has 0 radical (unpaired) electrons. The van der Waals surface area contributed by atoms with Crippen LogP contribution < -0.4 is 4.74 Å². The third kappa shape index (κ3) is 5.44. The summed E-state index contributed by atoms with van der Waals surface area (Å²) >= 11 is 13.3. The summed E-state index contributed by atoms with van der Waals surface area (Å²) in [5.74, 6) is 0.0935. The van der Waals surface area contributed by atoms with E-state index >= 15 is 0 Å². The van der Waals surface area contributed by atoms with Gasteiger partial charge in [-0.3, -0.25) is 4.79 Å². The number of aromatic nitrogens is 1. The van der Waals surface area contributed by atoms with Crippen molar-refractivity contribution in [2.24, 2.45) is 0 Å². The standard InChI is InChI=1S/C20H17Cl2FN2O2S/c1-25(10-16-17(22)3-2-4-18(16)23)20(26)9-14-12-28-19(24-14)11-27-15-7-5-13(21)6-8-15/h2-8,12H,9-11H2,1H3. The number of likely N-dealkylation sites (N-methyl/N-ethyl adjacent to an activating group) is 1. The lowest BCUT2D eigenvalue weighted by molar-refractivity contribution is -0.129. The van der Waals surface area contributed by atoms with Crippen molar-refractivity contribution in [1.82, 2.24) is 9.88 Å². The highest BCUT2D eigenvalue weighted by Crippen LogP contribution is 2.21. The Balaban J connectivity index is 1.55. The van der Waals surface area contributed by atoms with Gasteiger partial charge in [0.25, 0.3) is 0 Å². The van der Waals surface area contributed by atoms with Gasteiger partial charge in [-0.2, -0.15) is 0 Å². The van der Waals surface area contributed by atoms with Crippen LogP contribution >= 0.6 is 34.5 Å². The first kappa shape index (κ1) is 20.6. The van der Waals surface area contributed by atoms with Crippen molar-refractivity contribution in [2.45, 2.75) is 19.6 Å². The highest BCUT2D eigenvalue weighted by Gasteiger charge is 2.16. The molecule has 0 unspecified atom stereocenters. The molecule has 0 aliphatic carbocycles. The van der Waals surface area contributed by atoms with Crippen LogP contribution in [0.4, 0.5) is 4.39 Å². The Bertz CT molecular complexity index is 943. The Labute approximate surface area is 176 Å². The molecule has 4 nitrogen and oxygen atoms in total. The minimum Gasteiger partial charge on any atom is -0.486 e. The molecular weight excluding hydrogens is 422 g/mol. The third-order valence-electron chi connectivity index (χ3n) is 3.99. The largest absolute Gasteiger partial charge is 0.486 e. The monoisotopic (exact) mass is 438 g/mol. The van der Waals surface area contributed by atoms with E-state index in [1.807, 2.05) is 5.38 Å². The number of hydrogen-bond acceptors (Lipinski definition) is 4. The molecule has 146 valence electrons. The van der Waals surface area contributed by atoms with E-state index in [2.05, 4.69) is 4.98 Å². The molecule has 0 bridgehead atoms. The van der Waals surface area contributed by atoms with E-state index in [1.54, 1.807) is 37.4 Å². The maximum absolute atomic E-state index is 13.9. The van der Waals surface area contributed by atoms with Crippen LogP contribution in [-0.2, 0) is 24.4 Å². The zero-order valence-corrected chi connectivity index (χ0v) is 17.3. The Morgan fingerprint density at radius 2 is 1.96 bits per heavy atom. The number of carbonyl (C=O) groups is 1. The summed E-state index contributed by atoms with van der Waals surface area (Å²) in [5.41, 5.74) is 0.950. The minimum absolute atomic E-state index is 0.0982. The van der Waals surface area contributed by atoms with E-state index in [4.69, 9.17) is 27.9 Å². The molecule has 0 fully saturated rings. The van der Waals surface area contributed by atoms with Gasteiger partial charge in [-0.25, -0.2) is 9.37 Å². The van der Waals surface area contributed by atoms with Crippen molar-refractivity contribution < 1.29 is 13.9 Å². The lowest BCUT2D eigenvalue weighted by atomic mass is 10.2. The quantitative estimate of drug-likeness (QED) is 0.497. The minimum atomic E-state index is -0.428. The fourth-order valence-electron chi connectivity index (χ4n) is 2.47. The van der Waals surface area contributed by atoms with E-state index in [9.17, 15) is 9.18 Å². The number of hydrogen-bond donors (Lipinski definition) is 0. The van der Waals surface area contributed by atoms with Gasteiger partial charge in [0.2, 0.25) is 5.91 Å². The van der Waals surface area contributed by atoms with Gasteiger partial charge in [-0.05, 0) is 36.4 Å². The Hall–Kier alpha value is -2.15. The smallest absolute Gasteiger partial charge is 0.228 e. The van der Waals surface area contributed by atoms with Crippen LogP contribution in [0.25, 0.3) is 0 Å². The summed E-state index contributed by atoms with van der Waals surface area (Å²) < 4.78 is 19.6. The number of benzene rings is 2. The third-order valence-corrected chi connectivity index (χ3v) is 5.47. The summed E-state index contributed by atoms with van der Waals surface area (Å²) in [5, 5.41) is 3.53. The van der Waals surface area contributed by atoms with Crippen LogP contribution in [0.5, 0.6) is 5.75 Å². The second kappa shape index (κ2) is 9.37. The predicted molar refractivity (Wildman–Crippen MR) is 109 cm³/mol. The second-order valence-electron chi connectivity index (χ2n) is 6.10. The summed E-state index contributed by atoms with van der Waals surface area (Å²) in [7, 11) is 1.61. The number of amides is 1. The molecule has 0 saturated carbocycles. The average molecular weight is 439 g/mol. The Morgan fingerprint density at radius 3 is 2.68 bits per heavy atom. The van der Waals surface area contributed by atoms with E-state index in [0.29, 0.717) is 33.7 Å². The van der Waals surface area contributed by atoms with Gasteiger partial charge in [0.1, 0.15) is 23.2 Å². The molecule has 0 aliphatic heterocycles. The molecule has 0 saturated heterocycles. The zero-order chi connectivity index (χ0) is 20.1. The molecule has 0 aliphatic rings. The van der Waals surface area contributed by atoms with Crippen LogP contribution in [0.15, 0.2) is 47.8 Å². The van der Waals surface area contributed by atoms with E-state index < -0.39 is 5.82 Å². The number of nitrogens with zero attached hydrogens (tertiary/aromatic N) is 2. The van der Waals surface area contributed by atoms with E-state index in [0.717, 1.165) is 5.01 Å².